The standard InChI is InChI=1S/C20H16N2O6/c1-22-15-7-6-11(13-5-3-2-4-12(13)10-23)8-14(15)18(26)17(20(22)28)19(27)21-9-16(24)25/h2-8,10,26H,9H2,1H3,(H,21,27)(H,24,25). The Morgan fingerprint density at radius 2 is 1.89 bits per heavy atom. The summed E-state index contributed by atoms with van der Waals surface area (Å²) >= 11 is 0. The first-order valence-electron chi connectivity index (χ1n) is 8.25. The van der Waals surface area contributed by atoms with Crippen molar-refractivity contribution in [2.24, 2.45) is 7.05 Å². The van der Waals surface area contributed by atoms with E-state index in [0.29, 0.717) is 28.5 Å². The molecule has 0 unspecified atom stereocenters. The second kappa shape index (κ2) is 7.36. The molecule has 2 aromatic carbocycles. The van der Waals surface area contributed by atoms with Gasteiger partial charge in [-0.2, -0.15) is 0 Å². The van der Waals surface area contributed by atoms with Gasteiger partial charge in [0.05, 0.1) is 5.52 Å². The normalized spacial score (nSPS) is 10.6. The van der Waals surface area contributed by atoms with Gasteiger partial charge < -0.3 is 20.1 Å². The lowest BCUT2D eigenvalue weighted by Crippen LogP contribution is -2.35. The van der Waals surface area contributed by atoms with Crippen LogP contribution in [0, 0.1) is 0 Å². The molecule has 0 spiro atoms. The van der Waals surface area contributed by atoms with Gasteiger partial charge in [-0.25, -0.2) is 0 Å². The van der Waals surface area contributed by atoms with Crippen LogP contribution in [0.25, 0.3) is 22.0 Å². The lowest BCUT2D eigenvalue weighted by Gasteiger charge is -2.13. The van der Waals surface area contributed by atoms with Crippen LogP contribution in [0.5, 0.6) is 5.75 Å². The van der Waals surface area contributed by atoms with Gasteiger partial charge in [-0.15, -0.1) is 0 Å². The Bertz CT molecular complexity index is 1180. The first-order valence-corrected chi connectivity index (χ1v) is 8.25. The van der Waals surface area contributed by atoms with Gasteiger partial charge in [-0.1, -0.05) is 30.3 Å². The number of aldehydes is 1. The number of aryl methyl sites for hydroxylation is 1. The number of carboxylic acids is 1. The topological polar surface area (TPSA) is 126 Å². The minimum atomic E-state index is -1.28. The second-order valence-corrected chi connectivity index (χ2v) is 6.10. The summed E-state index contributed by atoms with van der Waals surface area (Å²) in [6.07, 6.45) is 0.713. The first-order chi connectivity index (χ1) is 13.3. The highest BCUT2D eigenvalue weighted by atomic mass is 16.4. The van der Waals surface area contributed by atoms with Gasteiger partial charge in [0, 0.05) is 18.0 Å². The van der Waals surface area contributed by atoms with Crippen LogP contribution in [0.15, 0.2) is 47.3 Å². The molecule has 0 saturated carbocycles. The maximum atomic E-state index is 12.5. The van der Waals surface area contributed by atoms with Crippen molar-refractivity contribution in [3.8, 4) is 16.9 Å². The predicted molar refractivity (Wildman–Crippen MR) is 102 cm³/mol. The van der Waals surface area contributed by atoms with Crippen LogP contribution in [-0.2, 0) is 11.8 Å². The van der Waals surface area contributed by atoms with Crippen LogP contribution in [0.4, 0.5) is 0 Å². The Morgan fingerprint density at radius 1 is 1.18 bits per heavy atom. The largest absolute Gasteiger partial charge is 0.506 e. The van der Waals surface area contributed by atoms with Crippen molar-refractivity contribution in [3.63, 3.8) is 0 Å². The van der Waals surface area contributed by atoms with E-state index < -0.39 is 35.3 Å². The minimum absolute atomic E-state index is 0.223. The molecule has 3 N–H and O–H groups in total. The number of fused-ring (bicyclic) bond motifs is 1. The molecular weight excluding hydrogens is 364 g/mol. The molecule has 0 radical (unpaired) electrons. The number of aromatic nitrogens is 1. The first kappa shape index (κ1) is 18.8. The van der Waals surface area contributed by atoms with E-state index in [1.807, 2.05) is 0 Å². The number of rotatable bonds is 5. The highest BCUT2D eigenvalue weighted by molar-refractivity contribution is 6.04. The number of nitrogens with one attached hydrogen (secondary N) is 1. The zero-order chi connectivity index (χ0) is 20.4. The summed E-state index contributed by atoms with van der Waals surface area (Å²) in [6.45, 7) is -0.688. The van der Waals surface area contributed by atoms with E-state index in [4.69, 9.17) is 5.11 Å². The van der Waals surface area contributed by atoms with Crippen molar-refractivity contribution in [1.82, 2.24) is 9.88 Å². The molecular formula is C20H16N2O6. The van der Waals surface area contributed by atoms with Crippen LogP contribution < -0.4 is 10.9 Å². The molecule has 0 fully saturated rings. The summed E-state index contributed by atoms with van der Waals surface area (Å²) < 4.78 is 1.19. The average Bonchev–Trinajstić information content (AvgIpc) is 2.70. The van der Waals surface area contributed by atoms with E-state index in [-0.39, 0.29) is 5.39 Å². The summed E-state index contributed by atoms with van der Waals surface area (Å²) in [5.74, 6) is -2.81. The third-order valence-corrected chi connectivity index (χ3v) is 4.39. The molecule has 8 heteroatoms. The lowest BCUT2D eigenvalue weighted by atomic mass is 9.98. The number of pyridine rings is 1. The Hall–Kier alpha value is -3.94. The Labute approximate surface area is 158 Å². The van der Waals surface area contributed by atoms with Crippen LogP contribution in [-0.4, -0.2) is 39.5 Å². The number of hydrogen-bond donors (Lipinski definition) is 3. The van der Waals surface area contributed by atoms with Crippen molar-refractivity contribution in [3.05, 3.63) is 63.9 Å². The van der Waals surface area contributed by atoms with E-state index in [1.54, 1.807) is 42.5 Å². The van der Waals surface area contributed by atoms with Crippen molar-refractivity contribution < 1.29 is 24.6 Å². The van der Waals surface area contributed by atoms with Crippen molar-refractivity contribution in [2.75, 3.05) is 6.54 Å². The fraction of sp³-hybridized carbons (Fsp3) is 0.100. The smallest absolute Gasteiger partial charge is 0.322 e. The van der Waals surface area contributed by atoms with Gasteiger partial charge in [-0.3, -0.25) is 19.2 Å². The quantitative estimate of drug-likeness (QED) is 0.577. The Morgan fingerprint density at radius 3 is 2.57 bits per heavy atom. The van der Waals surface area contributed by atoms with Crippen LogP contribution in [0.1, 0.15) is 20.7 Å². The summed E-state index contributed by atoms with van der Waals surface area (Å²) in [7, 11) is 1.44. The molecule has 3 rings (SSSR count). The number of amides is 1. The minimum Gasteiger partial charge on any atom is -0.506 e. The number of hydrogen-bond acceptors (Lipinski definition) is 5. The van der Waals surface area contributed by atoms with Gasteiger partial charge in [0.15, 0.2) is 6.29 Å². The van der Waals surface area contributed by atoms with Crippen molar-refractivity contribution in [2.45, 2.75) is 0 Å². The van der Waals surface area contributed by atoms with E-state index >= 15 is 0 Å². The highest BCUT2D eigenvalue weighted by Crippen LogP contribution is 2.31. The Kier molecular flexibility index (Phi) is 4.95. The summed E-state index contributed by atoms with van der Waals surface area (Å²) in [5.41, 5.74) is 0.770. The van der Waals surface area contributed by atoms with Gasteiger partial charge in [0.25, 0.3) is 11.5 Å². The maximum absolute atomic E-state index is 12.5. The van der Waals surface area contributed by atoms with Crippen LogP contribution >= 0.6 is 0 Å². The molecule has 0 saturated heterocycles. The van der Waals surface area contributed by atoms with E-state index in [9.17, 15) is 24.3 Å². The molecule has 8 nitrogen and oxygen atoms in total. The van der Waals surface area contributed by atoms with Crippen molar-refractivity contribution in [1.29, 1.82) is 0 Å². The number of benzene rings is 2. The van der Waals surface area contributed by atoms with E-state index in [1.165, 1.54) is 11.6 Å². The molecule has 0 atom stereocenters. The zero-order valence-electron chi connectivity index (χ0n) is 14.8. The van der Waals surface area contributed by atoms with Gasteiger partial charge >= 0.3 is 5.97 Å². The predicted octanol–water partition coefficient (Wildman–Crippen LogP) is 1.54. The summed E-state index contributed by atoms with van der Waals surface area (Å²) in [5, 5.41) is 21.6. The highest BCUT2D eigenvalue weighted by Gasteiger charge is 2.22. The molecule has 0 aliphatic heterocycles. The fourth-order valence-corrected chi connectivity index (χ4v) is 3.01. The number of carboxylic acid groups (broad SMARTS) is 1. The van der Waals surface area contributed by atoms with Gasteiger partial charge in [-0.05, 0) is 23.3 Å². The number of nitrogens with zero attached hydrogens (tertiary/aromatic N) is 1. The fourth-order valence-electron chi connectivity index (χ4n) is 3.01. The average molecular weight is 380 g/mol. The van der Waals surface area contributed by atoms with Gasteiger partial charge in [0.2, 0.25) is 0 Å². The molecule has 1 amide bonds. The molecule has 28 heavy (non-hydrogen) atoms. The van der Waals surface area contributed by atoms with E-state index in [2.05, 4.69) is 5.32 Å². The molecule has 142 valence electrons. The number of carbonyl (C=O) groups is 3. The molecule has 1 aromatic heterocycles. The third-order valence-electron chi connectivity index (χ3n) is 4.39. The van der Waals surface area contributed by atoms with Crippen molar-refractivity contribution >= 4 is 29.1 Å². The third kappa shape index (κ3) is 3.23. The molecule has 0 aliphatic carbocycles. The lowest BCUT2D eigenvalue weighted by molar-refractivity contribution is -0.135. The van der Waals surface area contributed by atoms with Crippen LogP contribution in [0.2, 0.25) is 0 Å². The number of aromatic hydroxyl groups is 1. The molecule has 1 heterocycles. The summed E-state index contributed by atoms with van der Waals surface area (Å²) in [6, 6.07) is 11.8. The molecule has 0 aliphatic rings. The number of carbonyl (C=O) groups excluding carboxylic acids is 2. The number of aliphatic carboxylic acids is 1. The monoisotopic (exact) mass is 380 g/mol. The Balaban J connectivity index is 2.23. The van der Waals surface area contributed by atoms with Gasteiger partial charge in [0.1, 0.15) is 17.9 Å². The molecule has 3 aromatic rings. The molecule has 0 bridgehead atoms. The van der Waals surface area contributed by atoms with Crippen LogP contribution in [0.3, 0.4) is 0 Å². The second-order valence-electron chi connectivity index (χ2n) is 6.10. The van der Waals surface area contributed by atoms with E-state index in [0.717, 1.165) is 0 Å². The zero-order valence-corrected chi connectivity index (χ0v) is 14.8. The SMILES string of the molecule is Cn1c(=O)c(C(=O)NCC(=O)O)c(O)c2cc(-c3ccccc3C=O)ccc21. The maximum Gasteiger partial charge on any atom is 0.322 e. The summed E-state index contributed by atoms with van der Waals surface area (Å²) in [4.78, 5) is 46.7.